The number of phenols is 1. The molecule has 0 aliphatic carbocycles. The van der Waals surface area contributed by atoms with Crippen LogP contribution in [0.15, 0.2) is 41.8 Å². The van der Waals surface area contributed by atoms with Gasteiger partial charge in [-0.3, -0.25) is 9.69 Å². The summed E-state index contributed by atoms with van der Waals surface area (Å²) in [6.07, 6.45) is 0. The highest BCUT2D eigenvalue weighted by Gasteiger charge is 2.21. The monoisotopic (exact) mass is 436 g/mol. The highest BCUT2D eigenvalue weighted by molar-refractivity contribution is 7.14. The smallest absolute Gasteiger partial charge is 0.240 e. The Labute approximate surface area is 187 Å². The van der Waals surface area contributed by atoms with Crippen LogP contribution in [0, 0.1) is 20.8 Å². The Hall–Kier alpha value is -2.90. The first-order valence-corrected chi connectivity index (χ1v) is 11.4. The van der Waals surface area contributed by atoms with Crippen molar-refractivity contribution in [1.29, 1.82) is 0 Å². The van der Waals surface area contributed by atoms with Crippen molar-refractivity contribution in [3.05, 3.63) is 58.5 Å². The average Bonchev–Trinajstić information content (AvgIpc) is 3.20. The van der Waals surface area contributed by atoms with E-state index in [0.717, 1.165) is 43.1 Å². The number of carbonyl (C=O) groups excluding carboxylic acids is 1. The number of hydrogen-bond donors (Lipinski definition) is 2. The van der Waals surface area contributed by atoms with Crippen LogP contribution >= 0.6 is 11.3 Å². The molecular formula is C24H28N4O2S. The van der Waals surface area contributed by atoms with Crippen LogP contribution < -0.4 is 10.2 Å². The molecule has 4 rings (SSSR count). The number of thiazole rings is 1. The molecule has 6 nitrogen and oxygen atoms in total. The zero-order chi connectivity index (χ0) is 22.0. The van der Waals surface area contributed by atoms with E-state index in [-0.39, 0.29) is 5.91 Å². The summed E-state index contributed by atoms with van der Waals surface area (Å²) in [6, 6.07) is 11.7. The van der Waals surface area contributed by atoms with E-state index < -0.39 is 0 Å². The quantitative estimate of drug-likeness (QED) is 0.627. The third kappa shape index (κ3) is 4.89. The second kappa shape index (κ2) is 9.08. The van der Waals surface area contributed by atoms with Gasteiger partial charge in [0.25, 0.3) is 0 Å². The van der Waals surface area contributed by atoms with Crippen LogP contribution in [0.1, 0.15) is 16.7 Å². The maximum absolute atomic E-state index is 12.6. The molecule has 1 saturated heterocycles. The zero-order valence-electron chi connectivity index (χ0n) is 18.2. The van der Waals surface area contributed by atoms with Crippen molar-refractivity contribution in [3.8, 4) is 17.0 Å². The van der Waals surface area contributed by atoms with Crippen molar-refractivity contribution >= 4 is 28.1 Å². The summed E-state index contributed by atoms with van der Waals surface area (Å²) >= 11 is 1.46. The molecule has 2 aromatic carbocycles. The first-order valence-electron chi connectivity index (χ1n) is 10.5. The first kappa shape index (κ1) is 21.3. The van der Waals surface area contributed by atoms with Gasteiger partial charge in [0.05, 0.1) is 17.9 Å². The summed E-state index contributed by atoms with van der Waals surface area (Å²) in [5.41, 5.74) is 6.56. The number of benzene rings is 2. The molecule has 3 aromatic rings. The highest BCUT2D eigenvalue weighted by atomic mass is 32.1. The van der Waals surface area contributed by atoms with Gasteiger partial charge in [-0.2, -0.15) is 0 Å². The van der Waals surface area contributed by atoms with E-state index >= 15 is 0 Å². The van der Waals surface area contributed by atoms with E-state index in [1.54, 1.807) is 6.07 Å². The molecule has 1 aliphatic rings. The van der Waals surface area contributed by atoms with Crippen molar-refractivity contribution in [2.75, 3.05) is 42.9 Å². The van der Waals surface area contributed by atoms with Gasteiger partial charge in [0, 0.05) is 37.1 Å². The lowest BCUT2D eigenvalue weighted by atomic mass is 9.99. The fourth-order valence-corrected chi connectivity index (χ4v) is 4.66. The summed E-state index contributed by atoms with van der Waals surface area (Å²) in [4.78, 5) is 21.5. The maximum atomic E-state index is 12.6. The van der Waals surface area contributed by atoms with Crippen LogP contribution in [-0.2, 0) is 4.79 Å². The molecular weight excluding hydrogens is 408 g/mol. The van der Waals surface area contributed by atoms with Gasteiger partial charge >= 0.3 is 0 Å². The van der Waals surface area contributed by atoms with E-state index in [4.69, 9.17) is 0 Å². The molecule has 0 spiro atoms. The number of aromatic hydroxyl groups is 1. The zero-order valence-corrected chi connectivity index (χ0v) is 19.0. The van der Waals surface area contributed by atoms with E-state index in [9.17, 15) is 9.90 Å². The molecule has 0 radical (unpaired) electrons. The number of para-hydroxylation sites is 2. The number of aryl methyl sites for hydroxylation is 3. The number of rotatable bonds is 5. The fraction of sp³-hybridized carbons (Fsp3) is 0.333. The van der Waals surface area contributed by atoms with Crippen molar-refractivity contribution in [2.24, 2.45) is 0 Å². The summed E-state index contributed by atoms with van der Waals surface area (Å²) in [5, 5.41) is 15.6. The van der Waals surface area contributed by atoms with Crippen molar-refractivity contribution in [2.45, 2.75) is 20.8 Å². The molecule has 0 saturated carbocycles. The number of nitrogens with zero attached hydrogens (tertiary/aromatic N) is 3. The topological polar surface area (TPSA) is 68.7 Å². The van der Waals surface area contributed by atoms with E-state index in [1.165, 1.54) is 28.0 Å². The van der Waals surface area contributed by atoms with Crippen LogP contribution in [0.3, 0.4) is 0 Å². The predicted octanol–water partition coefficient (Wildman–Crippen LogP) is 4.20. The second-order valence-electron chi connectivity index (χ2n) is 8.09. The van der Waals surface area contributed by atoms with Crippen LogP contribution in [0.5, 0.6) is 5.75 Å². The van der Waals surface area contributed by atoms with Crippen molar-refractivity contribution in [3.63, 3.8) is 0 Å². The Balaban J connectivity index is 1.32. The van der Waals surface area contributed by atoms with Crippen LogP contribution in [-0.4, -0.2) is 53.6 Å². The average molecular weight is 437 g/mol. The third-order valence-corrected chi connectivity index (χ3v) is 6.59. The lowest BCUT2D eigenvalue weighted by Crippen LogP contribution is -2.48. The fourth-order valence-electron chi connectivity index (χ4n) is 3.93. The minimum atomic E-state index is -0.0475. The van der Waals surface area contributed by atoms with Gasteiger partial charge in [-0.15, -0.1) is 11.3 Å². The maximum Gasteiger partial charge on any atom is 0.240 e. The molecule has 2 heterocycles. The molecule has 162 valence electrons. The molecule has 0 atom stereocenters. The van der Waals surface area contributed by atoms with Gasteiger partial charge in [-0.1, -0.05) is 18.2 Å². The largest absolute Gasteiger partial charge is 0.506 e. The lowest BCUT2D eigenvalue weighted by Gasteiger charge is -2.35. The van der Waals surface area contributed by atoms with Gasteiger partial charge in [0.2, 0.25) is 5.91 Å². The number of aromatic nitrogens is 1. The van der Waals surface area contributed by atoms with Crippen molar-refractivity contribution in [1.82, 2.24) is 9.88 Å². The number of carbonyl (C=O) groups is 1. The van der Waals surface area contributed by atoms with Crippen molar-refractivity contribution < 1.29 is 9.90 Å². The molecule has 1 aromatic heterocycles. The number of nitrogens with one attached hydrogen (secondary N) is 1. The van der Waals surface area contributed by atoms with Crippen LogP contribution in [0.25, 0.3) is 11.3 Å². The molecule has 7 heteroatoms. The Bertz CT molecular complexity index is 1090. The van der Waals surface area contributed by atoms with E-state index in [0.29, 0.717) is 17.4 Å². The summed E-state index contributed by atoms with van der Waals surface area (Å²) in [5.74, 6) is 0.251. The molecule has 1 amide bonds. The molecule has 1 aliphatic heterocycles. The number of amides is 1. The molecule has 31 heavy (non-hydrogen) atoms. The second-order valence-corrected chi connectivity index (χ2v) is 8.95. The highest BCUT2D eigenvalue weighted by Crippen LogP contribution is 2.30. The Morgan fingerprint density at radius 2 is 1.77 bits per heavy atom. The molecule has 0 bridgehead atoms. The van der Waals surface area contributed by atoms with E-state index in [2.05, 4.69) is 53.0 Å². The summed E-state index contributed by atoms with van der Waals surface area (Å²) < 4.78 is 0. The van der Waals surface area contributed by atoms with Crippen LogP contribution in [0.2, 0.25) is 0 Å². The number of hydrogen-bond acceptors (Lipinski definition) is 6. The van der Waals surface area contributed by atoms with Crippen LogP contribution in [0.4, 0.5) is 10.8 Å². The Morgan fingerprint density at radius 3 is 2.52 bits per heavy atom. The Kier molecular flexibility index (Phi) is 6.25. The summed E-state index contributed by atoms with van der Waals surface area (Å²) in [6.45, 7) is 9.74. The number of anilines is 2. The first-order chi connectivity index (χ1) is 14.9. The molecule has 0 unspecified atom stereocenters. The number of piperazine rings is 1. The van der Waals surface area contributed by atoms with Gasteiger partial charge in [0.1, 0.15) is 5.75 Å². The minimum Gasteiger partial charge on any atom is -0.506 e. The molecule has 2 N–H and O–H groups in total. The van der Waals surface area contributed by atoms with Gasteiger partial charge in [0.15, 0.2) is 5.13 Å². The summed E-state index contributed by atoms with van der Waals surface area (Å²) in [7, 11) is 0. The molecule has 1 fully saturated rings. The minimum absolute atomic E-state index is 0.0475. The predicted molar refractivity (Wildman–Crippen MR) is 127 cm³/mol. The Morgan fingerprint density at radius 1 is 1.06 bits per heavy atom. The number of phenolic OH excluding ortho intramolecular Hbond substituents is 1. The normalized spacial score (nSPS) is 14.6. The third-order valence-electron chi connectivity index (χ3n) is 5.83. The van der Waals surface area contributed by atoms with Gasteiger partial charge < -0.3 is 15.3 Å². The van der Waals surface area contributed by atoms with Gasteiger partial charge in [-0.25, -0.2) is 4.98 Å². The SMILES string of the molecule is Cc1cc(C)c(-c2csc(NC(=O)CN3CCN(c4ccccc4O)CC3)n2)cc1C. The van der Waals surface area contributed by atoms with Gasteiger partial charge in [-0.05, 0) is 55.7 Å². The van der Waals surface area contributed by atoms with E-state index in [1.807, 2.05) is 23.6 Å². The standard InChI is InChI=1S/C24H28N4O2S/c1-16-12-18(3)19(13-17(16)2)20-15-31-24(25-20)26-23(30)14-27-8-10-28(11-9-27)21-6-4-5-7-22(21)29/h4-7,12-13,15,29H,8-11,14H2,1-3H3,(H,25,26,30). The lowest BCUT2D eigenvalue weighted by molar-refractivity contribution is -0.117.